The van der Waals surface area contributed by atoms with E-state index >= 15 is 0 Å². The zero-order valence-electron chi connectivity index (χ0n) is 19.8. The van der Waals surface area contributed by atoms with Crippen molar-refractivity contribution in [2.24, 2.45) is 0 Å². The van der Waals surface area contributed by atoms with Gasteiger partial charge in [0.1, 0.15) is 11.2 Å². The number of fused-ring (bicyclic) bond motifs is 2. The van der Waals surface area contributed by atoms with Crippen LogP contribution in [0.3, 0.4) is 0 Å². The number of nitrogens with one attached hydrogen (secondary N) is 1. The van der Waals surface area contributed by atoms with Crippen LogP contribution in [0.25, 0.3) is 11.2 Å². The minimum Gasteiger partial charge on any atom is -0.481 e. The molecule has 10 nitrogen and oxygen atoms in total. The number of carbonyl (C=O) groups is 1. The number of carboxylic acids is 1. The Kier molecular flexibility index (Phi) is 6.09. The maximum absolute atomic E-state index is 14.4. The molecular formula is C25H24ClFN8O2. The molecule has 5 aromatic rings. The third-order valence-corrected chi connectivity index (χ3v) is 6.82. The standard InChI is InChI=1S/C25H24ClFN8O2/c26-20-5-6-33-14-29-21(24(33)23(20)27)9-28-8-18-12-35(32-31-18)13-19-11-34-10-17(15-1-2-15)7-16(25(34)30-19)3-4-22(36)37/h5-7,10-12,14-15,28H,1-4,8-9,13H2,(H,36,37). The van der Waals surface area contributed by atoms with E-state index in [2.05, 4.69) is 32.9 Å². The first-order valence-electron chi connectivity index (χ1n) is 12.1. The molecule has 1 saturated carbocycles. The summed E-state index contributed by atoms with van der Waals surface area (Å²) in [5.74, 6) is -0.759. The molecule has 2 N–H and O–H groups in total. The van der Waals surface area contributed by atoms with Crippen LogP contribution in [0.5, 0.6) is 0 Å². The summed E-state index contributed by atoms with van der Waals surface area (Å²) in [6.07, 6.45) is 12.0. The Balaban J connectivity index is 1.13. The number of nitrogens with zero attached hydrogens (tertiary/aromatic N) is 7. The van der Waals surface area contributed by atoms with Crippen molar-refractivity contribution in [1.29, 1.82) is 0 Å². The number of carboxylic acid groups (broad SMARTS) is 1. The van der Waals surface area contributed by atoms with E-state index in [9.17, 15) is 9.18 Å². The molecule has 37 heavy (non-hydrogen) atoms. The molecule has 1 aliphatic carbocycles. The highest BCUT2D eigenvalue weighted by atomic mass is 35.5. The first-order valence-corrected chi connectivity index (χ1v) is 12.4. The molecule has 6 rings (SSSR count). The van der Waals surface area contributed by atoms with Crippen LogP contribution in [0.1, 0.15) is 53.4 Å². The van der Waals surface area contributed by atoms with Crippen LogP contribution in [0.2, 0.25) is 5.02 Å². The molecular weight excluding hydrogens is 499 g/mol. The van der Waals surface area contributed by atoms with Crippen LogP contribution in [0, 0.1) is 5.82 Å². The number of pyridine rings is 2. The fraction of sp³-hybridized carbons (Fsp3) is 0.320. The Morgan fingerprint density at radius 2 is 2.05 bits per heavy atom. The van der Waals surface area contributed by atoms with Crippen LogP contribution in [0.4, 0.5) is 4.39 Å². The van der Waals surface area contributed by atoms with Crippen LogP contribution in [0.15, 0.2) is 43.2 Å². The van der Waals surface area contributed by atoms with Gasteiger partial charge < -0.3 is 19.2 Å². The lowest BCUT2D eigenvalue weighted by atomic mass is 10.1. The van der Waals surface area contributed by atoms with E-state index in [0.717, 1.165) is 22.6 Å². The van der Waals surface area contributed by atoms with Gasteiger partial charge in [0.15, 0.2) is 5.82 Å². The highest BCUT2D eigenvalue weighted by Crippen LogP contribution is 2.40. The number of aromatic nitrogens is 7. The van der Waals surface area contributed by atoms with Crippen molar-refractivity contribution < 1.29 is 14.3 Å². The van der Waals surface area contributed by atoms with Gasteiger partial charge in [0.05, 0.1) is 41.2 Å². The van der Waals surface area contributed by atoms with Crippen molar-refractivity contribution in [3.05, 3.63) is 82.3 Å². The van der Waals surface area contributed by atoms with Gasteiger partial charge in [-0.2, -0.15) is 0 Å². The summed E-state index contributed by atoms with van der Waals surface area (Å²) in [5.41, 5.74) is 5.41. The molecule has 0 amide bonds. The number of hydrogen-bond donors (Lipinski definition) is 2. The lowest BCUT2D eigenvalue weighted by molar-refractivity contribution is -0.136. The van der Waals surface area contributed by atoms with Crippen LogP contribution in [-0.4, -0.2) is 44.8 Å². The van der Waals surface area contributed by atoms with E-state index < -0.39 is 11.8 Å². The molecule has 1 fully saturated rings. The monoisotopic (exact) mass is 522 g/mol. The van der Waals surface area contributed by atoms with Gasteiger partial charge in [-0.05, 0) is 42.4 Å². The van der Waals surface area contributed by atoms with Gasteiger partial charge >= 0.3 is 5.97 Å². The summed E-state index contributed by atoms with van der Waals surface area (Å²) in [7, 11) is 0. The Bertz CT molecular complexity index is 1620. The third-order valence-electron chi connectivity index (χ3n) is 6.53. The average molecular weight is 523 g/mol. The second kappa shape index (κ2) is 9.56. The van der Waals surface area contributed by atoms with E-state index in [1.54, 1.807) is 21.6 Å². The number of rotatable bonds is 10. The minimum absolute atomic E-state index is 0.0573. The molecule has 0 spiro atoms. The minimum atomic E-state index is -0.819. The number of hydrogen-bond acceptors (Lipinski definition) is 6. The predicted molar refractivity (Wildman–Crippen MR) is 133 cm³/mol. The van der Waals surface area contributed by atoms with Gasteiger partial charge in [-0.25, -0.2) is 19.0 Å². The SMILES string of the molecule is O=C(O)CCc1cc(C2CC2)cn2cc(Cn3cc(CNCc4ncn5ccc(Cl)c(F)c45)nn3)nc12. The predicted octanol–water partition coefficient (Wildman–Crippen LogP) is 3.60. The average Bonchev–Trinajstić information content (AvgIpc) is 3.29. The van der Waals surface area contributed by atoms with Crippen molar-refractivity contribution in [3.63, 3.8) is 0 Å². The molecule has 0 bridgehead atoms. The molecule has 0 aromatic carbocycles. The van der Waals surface area contributed by atoms with Gasteiger partial charge in [-0.1, -0.05) is 22.9 Å². The molecule has 0 aliphatic heterocycles. The van der Waals surface area contributed by atoms with Crippen LogP contribution < -0.4 is 5.32 Å². The van der Waals surface area contributed by atoms with Gasteiger partial charge in [0, 0.05) is 38.1 Å². The maximum atomic E-state index is 14.4. The van der Waals surface area contributed by atoms with E-state index in [0.29, 0.717) is 43.2 Å². The molecule has 5 heterocycles. The van der Waals surface area contributed by atoms with Crippen molar-refractivity contribution in [3.8, 4) is 0 Å². The van der Waals surface area contributed by atoms with Crippen molar-refractivity contribution in [2.45, 2.75) is 51.2 Å². The van der Waals surface area contributed by atoms with Gasteiger partial charge in [0.25, 0.3) is 0 Å². The molecule has 0 radical (unpaired) electrons. The summed E-state index contributed by atoms with van der Waals surface area (Å²) in [6, 6.07) is 3.60. The Morgan fingerprint density at radius 1 is 1.19 bits per heavy atom. The van der Waals surface area contributed by atoms with Gasteiger partial charge in [-0.15, -0.1) is 5.10 Å². The Morgan fingerprint density at radius 3 is 2.86 bits per heavy atom. The fourth-order valence-corrected chi connectivity index (χ4v) is 4.72. The maximum Gasteiger partial charge on any atom is 0.303 e. The van der Waals surface area contributed by atoms with Crippen molar-refractivity contribution in [2.75, 3.05) is 0 Å². The summed E-state index contributed by atoms with van der Waals surface area (Å²) in [4.78, 5) is 20.2. The van der Waals surface area contributed by atoms with Crippen LogP contribution >= 0.6 is 11.6 Å². The van der Waals surface area contributed by atoms with E-state index in [-0.39, 0.29) is 11.4 Å². The lowest BCUT2D eigenvalue weighted by Crippen LogP contribution is -2.13. The fourth-order valence-electron chi connectivity index (χ4n) is 4.57. The largest absolute Gasteiger partial charge is 0.481 e. The lowest BCUT2D eigenvalue weighted by Gasteiger charge is -2.06. The molecule has 0 atom stereocenters. The highest BCUT2D eigenvalue weighted by Gasteiger charge is 2.25. The van der Waals surface area contributed by atoms with E-state index in [1.165, 1.54) is 24.5 Å². The Labute approximate surface area is 215 Å². The molecule has 12 heteroatoms. The summed E-state index contributed by atoms with van der Waals surface area (Å²) in [5, 5.41) is 20.9. The molecule has 0 unspecified atom stereocenters. The first kappa shape index (κ1) is 23.6. The summed E-state index contributed by atoms with van der Waals surface area (Å²) < 4.78 is 19.7. The molecule has 0 saturated heterocycles. The highest BCUT2D eigenvalue weighted by molar-refractivity contribution is 6.31. The van der Waals surface area contributed by atoms with Gasteiger partial charge in [0.2, 0.25) is 0 Å². The third kappa shape index (κ3) is 4.92. The smallest absolute Gasteiger partial charge is 0.303 e. The number of aliphatic carboxylic acids is 1. The summed E-state index contributed by atoms with van der Waals surface area (Å²) >= 11 is 5.91. The second-order valence-electron chi connectivity index (χ2n) is 9.37. The quantitative estimate of drug-likeness (QED) is 0.288. The van der Waals surface area contributed by atoms with Crippen molar-refractivity contribution in [1.82, 2.24) is 39.1 Å². The van der Waals surface area contributed by atoms with E-state index in [4.69, 9.17) is 21.7 Å². The zero-order chi connectivity index (χ0) is 25.5. The zero-order valence-corrected chi connectivity index (χ0v) is 20.6. The number of imidazole rings is 2. The molecule has 5 aromatic heterocycles. The molecule has 190 valence electrons. The first-order chi connectivity index (χ1) is 17.9. The van der Waals surface area contributed by atoms with Crippen LogP contribution in [-0.2, 0) is 30.8 Å². The number of halogens is 2. The van der Waals surface area contributed by atoms with E-state index in [1.807, 2.05) is 16.8 Å². The molecule has 1 aliphatic rings. The summed E-state index contributed by atoms with van der Waals surface area (Å²) in [6.45, 7) is 1.20. The second-order valence-corrected chi connectivity index (χ2v) is 9.77. The van der Waals surface area contributed by atoms with Crippen molar-refractivity contribution >= 4 is 28.7 Å². The number of aryl methyl sites for hydroxylation is 1. The normalized spacial score (nSPS) is 13.7. The van der Waals surface area contributed by atoms with Gasteiger partial charge in [-0.3, -0.25) is 4.79 Å². The topological polar surface area (TPSA) is 115 Å². The Hall–Kier alpha value is -3.83.